The summed E-state index contributed by atoms with van der Waals surface area (Å²) < 4.78 is 15.1. The topological polar surface area (TPSA) is 34.0 Å². The third-order valence-corrected chi connectivity index (χ3v) is 4.86. The van der Waals surface area contributed by atoms with E-state index in [1.165, 1.54) is 17.7 Å². The summed E-state index contributed by atoms with van der Waals surface area (Å²) >= 11 is 5.88. The van der Waals surface area contributed by atoms with Gasteiger partial charge in [0, 0.05) is 27.7 Å². The Morgan fingerprint density at radius 1 is 1.07 bits per heavy atom. The summed E-state index contributed by atoms with van der Waals surface area (Å²) in [4.78, 5) is 12.6. The van der Waals surface area contributed by atoms with Gasteiger partial charge in [0.05, 0.1) is 6.54 Å². The van der Waals surface area contributed by atoms with Gasteiger partial charge in [-0.2, -0.15) is 0 Å². The molecule has 0 aliphatic rings. The highest BCUT2D eigenvalue weighted by molar-refractivity contribution is 6.30. The van der Waals surface area contributed by atoms with Gasteiger partial charge >= 0.3 is 0 Å². The zero-order valence-corrected chi connectivity index (χ0v) is 16.2. The highest BCUT2D eigenvalue weighted by Gasteiger charge is 2.16. The maximum Gasteiger partial charge on any atom is 0.178 e. The SMILES string of the molecule is Cc1cc(C(=O)CNCCc2ccc(Cl)cc2)c(C)n1-c1ccc(F)cc1. The molecule has 3 nitrogen and oxygen atoms in total. The number of hydrogen-bond acceptors (Lipinski definition) is 2. The average Bonchev–Trinajstić information content (AvgIpc) is 2.95. The fraction of sp³-hybridized carbons (Fsp3) is 0.227. The summed E-state index contributed by atoms with van der Waals surface area (Å²) in [5.41, 5.74) is 4.53. The lowest BCUT2D eigenvalue weighted by atomic mass is 10.1. The van der Waals surface area contributed by atoms with Crippen molar-refractivity contribution >= 4 is 17.4 Å². The van der Waals surface area contributed by atoms with E-state index in [2.05, 4.69) is 5.32 Å². The number of aryl methyl sites for hydroxylation is 1. The number of nitrogens with zero attached hydrogens (tertiary/aromatic N) is 1. The number of Topliss-reactive ketones (excluding diaryl/α,β-unsaturated/α-hetero) is 1. The fourth-order valence-corrected chi connectivity index (χ4v) is 3.34. The molecular formula is C22H22ClFN2O. The van der Waals surface area contributed by atoms with E-state index in [1.807, 2.05) is 48.7 Å². The summed E-state index contributed by atoms with van der Waals surface area (Å²) in [5.74, 6) is -0.227. The van der Waals surface area contributed by atoms with Gasteiger partial charge in [0.15, 0.2) is 5.78 Å². The number of carbonyl (C=O) groups is 1. The molecule has 0 bridgehead atoms. The Morgan fingerprint density at radius 2 is 1.74 bits per heavy atom. The molecule has 0 saturated heterocycles. The molecule has 27 heavy (non-hydrogen) atoms. The first kappa shape index (κ1) is 19.3. The quantitative estimate of drug-likeness (QED) is 0.464. The minimum atomic E-state index is -0.276. The Balaban J connectivity index is 1.62. The predicted molar refractivity (Wildman–Crippen MR) is 108 cm³/mol. The van der Waals surface area contributed by atoms with Gasteiger partial charge in [0.2, 0.25) is 0 Å². The Morgan fingerprint density at radius 3 is 2.41 bits per heavy atom. The molecule has 5 heteroatoms. The number of benzene rings is 2. The fourth-order valence-electron chi connectivity index (χ4n) is 3.21. The van der Waals surface area contributed by atoms with Crippen LogP contribution in [-0.2, 0) is 6.42 Å². The van der Waals surface area contributed by atoms with Gasteiger partial charge in [-0.25, -0.2) is 4.39 Å². The van der Waals surface area contributed by atoms with Gasteiger partial charge in [-0.05, 0) is 74.8 Å². The van der Waals surface area contributed by atoms with Gasteiger partial charge in [0.25, 0.3) is 0 Å². The first-order valence-electron chi connectivity index (χ1n) is 8.89. The van der Waals surface area contributed by atoms with E-state index in [4.69, 9.17) is 11.6 Å². The van der Waals surface area contributed by atoms with Crippen LogP contribution in [0.15, 0.2) is 54.6 Å². The van der Waals surface area contributed by atoms with E-state index >= 15 is 0 Å². The number of hydrogen-bond donors (Lipinski definition) is 1. The van der Waals surface area contributed by atoms with Gasteiger partial charge in [-0.1, -0.05) is 23.7 Å². The minimum absolute atomic E-state index is 0.0487. The van der Waals surface area contributed by atoms with E-state index in [9.17, 15) is 9.18 Å². The summed E-state index contributed by atoms with van der Waals surface area (Å²) in [7, 11) is 0. The number of aromatic nitrogens is 1. The molecule has 0 atom stereocenters. The summed E-state index contributed by atoms with van der Waals surface area (Å²) in [5, 5.41) is 3.93. The molecule has 0 fully saturated rings. The Hall–Kier alpha value is -2.43. The van der Waals surface area contributed by atoms with Crippen LogP contribution in [0.5, 0.6) is 0 Å². The van der Waals surface area contributed by atoms with Crippen molar-refractivity contribution in [3.8, 4) is 5.69 Å². The molecule has 3 aromatic rings. The molecule has 1 heterocycles. The zero-order valence-electron chi connectivity index (χ0n) is 15.4. The molecule has 0 aliphatic heterocycles. The van der Waals surface area contributed by atoms with Crippen LogP contribution in [0.4, 0.5) is 4.39 Å². The summed E-state index contributed by atoms with van der Waals surface area (Å²) in [6.45, 7) is 4.85. The van der Waals surface area contributed by atoms with Crippen LogP contribution in [0.25, 0.3) is 5.69 Å². The van der Waals surface area contributed by atoms with Gasteiger partial charge in [-0.3, -0.25) is 4.79 Å². The van der Waals surface area contributed by atoms with Crippen LogP contribution in [0.1, 0.15) is 27.3 Å². The molecular weight excluding hydrogens is 363 g/mol. The number of ketones is 1. The molecule has 2 aromatic carbocycles. The van der Waals surface area contributed by atoms with Crippen LogP contribution in [-0.4, -0.2) is 23.4 Å². The molecule has 1 aromatic heterocycles. The molecule has 1 N–H and O–H groups in total. The lowest BCUT2D eigenvalue weighted by molar-refractivity contribution is 0.0991. The van der Waals surface area contributed by atoms with E-state index in [1.54, 1.807) is 12.1 Å². The van der Waals surface area contributed by atoms with Crippen molar-refractivity contribution in [2.75, 3.05) is 13.1 Å². The molecule has 0 amide bonds. The number of carbonyl (C=O) groups excluding carboxylic acids is 1. The molecule has 3 rings (SSSR count). The first-order chi connectivity index (χ1) is 13.0. The van der Waals surface area contributed by atoms with Crippen LogP contribution in [0.2, 0.25) is 5.02 Å². The van der Waals surface area contributed by atoms with Crippen LogP contribution < -0.4 is 5.32 Å². The molecule has 140 valence electrons. The van der Waals surface area contributed by atoms with E-state index in [0.717, 1.165) is 28.5 Å². The second-order valence-electron chi connectivity index (χ2n) is 6.57. The van der Waals surface area contributed by atoms with Gasteiger partial charge in [-0.15, -0.1) is 0 Å². The standard InChI is InChI=1S/C22H22ClFN2O/c1-15-13-21(16(2)26(15)20-9-7-19(24)8-10-20)22(27)14-25-12-11-17-3-5-18(23)6-4-17/h3-10,13,25H,11-12,14H2,1-2H3. The Labute approximate surface area is 163 Å². The molecule has 0 radical (unpaired) electrons. The maximum absolute atomic E-state index is 13.2. The first-order valence-corrected chi connectivity index (χ1v) is 9.27. The van der Waals surface area contributed by atoms with Crippen molar-refractivity contribution in [2.45, 2.75) is 20.3 Å². The monoisotopic (exact) mass is 384 g/mol. The van der Waals surface area contributed by atoms with E-state index in [-0.39, 0.29) is 18.1 Å². The summed E-state index contributed by atoms with van der Waals surface area (Å²) in [6.07, 6.45) is 0.832. The number of rotatable bonds is 7. The predicted octanol–water partition coefficient (Wildman–Crippen LogP) is 4.90. The molecule has 0 spiro atoms. The third kappa shape index (κ3) is 4.65. The van der Waals surface area contributed by atoms with Crippen molar-refractivity contribution in [2.24, 2.45) is 0 Å². The van der Waals surface area contributed by atoms with Crippen molar-refractivity contribution in [3.63, 3.8) is 0 Å². The second-order valence-corrected chi connectivity index (χ2v) is 7.01. The highest BCUT2D eigenvalue weighted by Crippen LogP contribution is 2.21. The third-order valence-electron chi connectivity index (χ3n) is 4.61. The normalized spacial score (nSPS) is 11.0. The van der Waals surface area contributed by atoms with Gasteiger partial charge < -0.3 is 9.88 Å². The van der Waals surface area contributed by atoms with Crippen molar-refractivity contribution < 1.29 is 9.18 Å². The number of nitrogens with one attached hydrogen (secondary N) is 1. The Bertz CT molecular complexity index is 930. The minimum Gasteiger partial charge on any atom is -0.318 e. The largest absolute Gasteiger partial charge is 0.318 e. The Kier molecular flexibility index (Phi) is 6.09. The maximum atomic E-state index is 13.2. The van der Waals surface area contributed by atoms with Crippen molar-refractivity contribution in [3.05, 3.63) is 88.0 Å². The molecule has 0 aliphatic carbocycles. The van der Waals surface area contributed by atoms with Gasteiger partial charge in [0.1, 0.15) is 5.82 Å². The summed E-state index contributed by atoms with van der Waals surface area (Å²) in [6, 6.07) is 15.9. The van der Waals surface area contributed by atoms with Crippen molar-refractivity contribution in [1.29, 1.82) is 0 Å². The van der Waals surface area contributed by atoms with E-state index < -0.39 is 0 Å². The lowest BCUT2D eigenvalue weighted by Crippen LogP contribution is -2.25. The lowest BCUT2D eigenvalue weighted by Gasteiger charge is -2.10. The highest BCUT2D eigenvalue weighted by atomic mass is 35.5. The van der Waals surface area contributed by atoms with Crippen LogP contribution in [0.3, 0.4) is 0 Å². The zero-order chi connectivity index (χ0) is 19.4. The smallest absolute Gasteiger partial charge is 0.178 e. The van der Waals surface area contributed by atoms with Crippen molar-refractivity contribution in [1.82, 2.24) is 9.88 Å². The van der Waals surface area contributed by atoms with E-state index in [0.29, 0.717) is 12.1 Å². The number of halogens is 2. The molecule has 0 saturated carbocycles. The average molecular weight is 385 g/mol. The van der Waals surface area contributed by atoms with Crippen LogP contribution in [0, 0.1) is 19.7 Å². The second kappa shape index (κ2) is 8.51. The van der Waals surface area contributed by atoms with Crippen LogP contribution >= 0.6 is 11.6 Å². The molecule has 0 unspecified atom stereocenters.